The normalized spacial score (nSPS) is 14.5. The summed E-state index contributed by atoms with van der Waals surface area (Å²) in [6.45, 7) is 6.33. The summed E-state index contributed by atoms with van der Waals surface area (Å²) >= 11 is 1.76. The Morgan fingerprint density at radius 3 is 2.46 bits per heavy atom. The molecule has 2 atom stereocenters. The SMILES string of the molecule is CC(C)(C)SCC[C@H](N)C(=O)[PH+]=O. The Balaban J connectivity index is 3.65. The van der Waals surface area contributed by atoms with Gasteiger partial charge in [-0.1, -0.05) is 25.3 Å². The van der Waals surface area contributed by atoms with E-state index in [2.05, 4.69) is 20.8 Å². The van der Waals surface area contributed by atoms with Gasteiger partial charge in [0.2, 0.25) is 0 Å². The molecule has 0 fully saturated rings. The van der Waals surface area contributed by atoms with Crippen LogP contribution in [0.3, 0.4) is 0 Å². The molecule has 0 bridgehead atoms. The van der Waals surface area contributed by atoms with Gasteiger partial charge in [-0.25, -0.2) is 4.79 Å². The third-order valence-electron chi connectivity index (χ3n) is 1.40. The Morgan fingerprint density at radius 2 is 2.08 bits per heavy atom. The van der Waals surface area contributed by atoms with Crippen LogP contribution in [0.25, 0.3) is 0 Å². The van der Waals surface area contributed by atoms with Crippen LogP contribution in [0.4, 0.5) is 0 Å². The minimum atomic E-state index is -0.913. The maximum absolute atomic E-state index is 10.8. The zero-order valence-corrected chi connectivity index (χ0v) is 10.1. The number of hydrogen-bond donors (Lipinski definition) is 1. The van der Waals surface area contributed by atoms with E-state index >= 15 is 0 Å². The summed E-state index contributed by atoms with van der Waals surface area (Å²) in [6, 6.07) is -0.550. The third-order valence-corrected chi connectivity index (χ3v) is 3.28. The van der Waals surface area contributed by atoms with Gasteiger partial charge in [0.15, 0.2) is 0 Å². The summed E-state index contributed by atoms with van der Waals surface area (Å²) in [5.41, 5.74) is 5.15. The number of nitrogens with two attached hydrogens (primary N) is 1. The van der Waals surface area contributed by atoms with Gasteiger partial charge in [0, 0.05) is 4.75 Å². The topological polar surface area (TPSA) is 60.2 Å². The molecule has 0 aromatic heterocycles. The molecule has 76 valence electrons. The second-order valence-electron chi connectivity index (χ2n) is 3.82. The molecular formula is C8H17NO2PS+. The first kappa shape index (κ1) is 13.1. The van der Waals surface area contributed by atoms with Gasteiger partial charge in [0.05, 0.1) is 0 Å². The molecule has 0 radical (unpaired) electrons. The Kier molecular flexibility index (Phi) is 5.77. The van der Waals surface area contributed by atoms with E-state index in [1.807, 2.05) is 0 Å². The molecule has 0 spiro atoms. The van der Waals surface area contributed by atoms with Crippen molar-refractivity contribution in [2.24, 2.45) is 5.73 Å². The van der Waals surface area contributed by atoms with E-state index in [0.717, 1.165) is 5.75 Å². The van der Waals surface area contributed by atoms with Crippen LogP contribution in [0.15, 0.2) is 0 Å². The lowest BCUT2D eigenvalue weighted by Crippen LogP contribution is -2.28. The number of hydrogen-bond acceptors (Lipinski definition) is 4. The summed E-state index contributed by atoms with van der Waals surface area (Å²) in [5.74, 6) is 0.834. The van der Waals surface area contributed by atoms with Gasteiger partial charge in [-0.2, -0.15) is 11.8 Å². The first-order valence-electron chi connectivity index (χ1n) is 4.18. The monoisotopic (exact) mass is 222 g/mol. The molecule has 0 saturated carbocycles. The quantitative estimate of drug-likeness (QED) is 0.720. The smallest absolute Gasteiger partial charge is 0.318 e. The van der Waals surface area contributed by atoms with E-state index in [4.69, 9.17) is 5.73 Å². The molecule has 0 saturated heterocycles. The molecule has 0 aliphatic heterocycles. The van der Waals surface area contributed by atoms with E-state index in [1.165, 1.54) is 0 Å². The summed E-state index contributed by atoms with van der Waals surface area (Å²) in [5, 5.41) is 0. The maximum Gasteiger partial charge on any atom is 0.402 e. The van der Waals surface area contributed by atoms with Crippen LogP contribution in [0.1, 0.15) is 27.2 Å². The molecule has 13 heavy (non-hydrogen) atoms. The fourth-order valence-electron chi connectivity index (χ4n) is 0.699. The van der Waals surface area contributed by atoms with Crippen LogP contribution in [0, 0.1) is 0 Å². The zero-order chi connectivity index (χ0) is 10.5. The van der Waals surface area contributed by atoms with E-state index in [-0.39, 0.29) is 10.3 Å². The fraction of sp³-hybridized carbons (Fsp3) is 0.875. The highest BCUT2D eigenvalue weighted by molar-refractivity contribution is 8.00. The largest absolute Gasteiger partial charge is 0.402 e. The van der Waals surface area contributed by atoms with Crippen molar-refractivity contribution >= 4 is 25.7 Å². The van der Waals surface area contributed by atoms with Crippen molar-refractivity contribution < 1.29 is 9.36 Å². The van der Waals surface area contributed by atoms with Gasteiger partial charge in [0.1, 0.15) is 6.04 Å². The van der Waals surface area contributed by atoms with Gasteiger partial charge in [0.25, 0.3) is 0 Å². The summed E-state index contributed by atoms with van der Waals surface area (Å²) in [7, 11) is -0.913. The molecule has 0 rings (SSSR count). The van der Waals surface area contributed by atoms with Gasteiger partial charge in [-0.05, 0) is 12.2 Å². The number of carbonyl (C=O) groups excluding carboxylic acids is 1. The van der Waals surface area contributed by atoms with Crippen molar-refractivity contribution in [2.45, 2.75) is 38.0 Å². The van der Waals surface area contributed by atoms with Crippen LogP contribution >= 0.6 is 20.2 Å². The van der Waals surface area contributed by atoms with Crippen molar-refractivity contribution in [3.05, 3.63) is 0 Å². The second kappa shape index (κ2) is 5.74. The first-order chi connectivity index (χ1) is 5.87. The minimum absolute atomic E-state index is 0.197. The summed E-state index contributed by atoms with van der Waals surface area (Å²) in [4.78, 5) is 10.8. The van der Waals surface area contributed by atoms with Crippen molar-refractivity contribution in [1.82, 2.24) is 0 Å². The second-order valence-corrected chi connectivity index (χ2v) is 6.44. The molecule has 0 aromatic carbocycles. The highest BCUT2D eigenvalue weighted by Crippen LogP contribution is 2.24. The predicted octanol–water partition coefficient (Wildman–Crippen LogP) is 1.79. The Hall–Kier alpha value is 0.0800. The molecule has 0 heterocycles. The fourth-order valence-corrected chi connectivity index (χ4v) is 1.98. The maximum atomic E-state index is 10.8. The summed E-state index contributed by atoms with van der Waals surface area (Å²) < 4.78 is 10.4. The first-order valence-corrected chi connectivity index (χ1v) is 6.08. The van der Waals surface area contributed by atoms with Crippen molar-refractivity contribution in [3.63, 3.8) is 0 Å². The third kappa shape index (κ3) is 7.17. The standard InChI is InChI=1S/C8H16NO2PS/c1-8(2,3)13-5-4-6(9)7(10)12-11/h6H,4-5,9H2,1-3H3/p+1/t6-/m0/s1. The molecule has 0 aliphatic carbocycles. The van der Waals surface area contributed by atoms with Crippen molar-refractivity contribution in [2.75, 3.05) is 5.75 Å². The number of thioether (sulfide) groups is 1. The van der Waals surface area contributed by atoms with Crippen molar-refractivity contribution in [1.29, 1.82) is 0 Å². The van der Waals surface area contributed by atoms with Gasteiger partial charge in [-0.3, -0.25) is 0 Å². The lowest BCUT2D eigenvalue weighted by molar-refractivity contribution is -0.112. The van der Waals surface area contributed by atoms with Crippen molar-refractivity contribution in [3.8, 4) is 0 Å². The van der Waals surface area contributed by atoms with Crippen LogP contribution in [0.5, 0.6) is 0 Å². The number of carbonyl (C=O) groups is 1. The van der Waals surface area contributed by atoms with E-state index in [1.54, 1.807) is 11.8 Å². The molecule has 0 amide bonds. The Labute approximate surface area is 85.0 Å². The molecular weight excluding hydrogens is 205 g/mol. The van der Waals surface area contributed by atoms with Crippen LogP contribution in [-0.2, 0) is 9.36 Å². The highest BCUT2D eigenvalue weighted by atomic mass is 32.2. The Bertz CT molecular complexity index is 191. The van der Waals surface area contributed by atoms with Gasteiger partial charge < -0.3 is 5.73 Å². The van der Waals surface area contributed by atoms with E-state index < -0.39 is 14.5 Å². The molecule has 2 N–H and O–H groups in total. The van der Waals surface area contributed by atoms with E-state index in [0.29, 0.717) is 6.42 Å². The van der Waals surface area contributed by atoms with Crippen LogP contribution in [-0.4, -0.2) is 22.1 Å². The highest BCUT2D eigenvalue weighted by Gasteiger charge is 2.21. The van der Waals surface area contributed by atoms with Crippen LogP contribution < -0.4 is 5.73 Å². The molecule has 5 heteroatoms. The average molecular weight is 222 g/mol. The molecule has 1 unspecified atom stereocenters. The Morgan fingerprint density at radius 1 is 1.54 bits per heavy atom. The molecule has 0 aliphatic rings. The van der Waals surface area contributed by atoms with Crippen LogP contribution in [0.2, 0.25) is 0 Å². The molecule has 0 aromatic rings. The minimum Gasteiger partial charge on any atom is -0.318 e. The van der Waals surface area contributed by atoms with Gasteiger partial charge >= 0.3 is 14.0 Å². The summed E-state index contributed by atoms with van der Waals surface area (Å²) in [6.07, 6.45) is 0.607. The van der Waals surface area contributed by atoms with Gasteiger partial charge in [-0.15, -0.1) is 0 Å². The lowest BCUT2D eigenvalue weighted by Gasteiger charge is -2.17. The predicted molar refractivity (Wildman–Crippen MR) is 58.8 cm³/mol. The molecule has 3 nitrogen and oxygen atoms in total. The number of rotatable bonds is 5. The zero-order valence-electron chi connectivity index (χ0n) is 8.29. The van der Waals surface area contributed by atoms with E-state index in [9.17, 15) is 9.36 Å². The lowest BCUT2D eigenvalue weighted by atomic mass is 10.2. The average Bonchev–Trinajstić information content (AvgIpc) is 2.00.